The number of fused-ring (bicyclic) bond motifs is 1. The van der Waals surface area contributed by atoms with Gasteiger partial charge in [-0.1, -0.05) is 18.2 Å². The number of nitrogens with one attached hydrogen (secondary N) is 1. The number of nitrogens with zero attached hydrogens (tertiary/aromatic N) is 3. The highest BCUT2D eigenvalue weighted by atomic mass is 32.2. The fraction of sp³-hybridized carbons (Fsp3) is 0. The highest BCUT2D eigenvalue weighted by Crippen LogP contribution is 2.29. The number of para-hydroxylation sites is 1. The maximum absolute atomic E-state index is 11.0. The van der Waals surface area contributed by atoms with E-state index in [4.69, 9.17) is 5.11 Å². The molecule has 19 heavy (non-hydrogen) atoms. The zero-order valence-electron chi connectivity index (χ0n) is 9.57. The Kier molecular flexibility index (Phi) is 2.88. The van der Waals surface area contributed by atoms with E-state index in [1.54, 1.807) is 18.5 Å². The predicted octanol–water partition coefficient (Wildman–Crippen LogP) is 2.20. The number of aromatic amines is 1. The van der Waals surface area contributed by atoms with Gasteiger partial charge in [-0.3, -0.25) is 0 Å². The number of hydrogen-bond donors (Lipinski definition) is 2. The van der Waals surface area contributed by atoms with Gasteiger partial charge in [0.05, 0.1) is 5.52 Å². The molecule has 2 aromatic heterocycles. The van der Waals surface area contributed by atoms with Gasteiger partial charge in [0, 0.05) is 17.8 Å². The zero-order chi connectivity index (χ0) is 13.2. The highest BCUT2D eigenvalue weighted by molar-refractivity contribution is 7.99. The van der Waals surface area contributed by atoms with E-state index in [1.165, 1.54) is 11.8 Å². The molecule has 2 heterocycles. The largest absolute Gasteiger partial charge is 0.475 e. The van der Waals surface area contributed by atoms with Crippen LogP contribution in [0.1, 0.15) is 10.6 Å². The summed E-state index contributed by atoms with van der Waals surface area (Å²) in [5.74, 6) is -1.36. The molecule has 0 fully saturated rings. The Morgan fingerprint density at radius 1 is 1.26 bits per heavy atom. The van der Waals surface area contributed by atoms with Crippen LogP contribution in [0.25, 0.3) is 10.9 Å². The lowest BCUT2D eigenvalue weighted by Gasteiger charge is -2.04. The molecule has 0 aliphatic carbocycles. The van der Waals surface area contributed by atoms with E-state index in [-0.39, 0.29) is 5.82 Å². The van der Waals surface area contributed by atoms with Crippen LogP contribution in [0.5, 0.6) is 0 Å². The molecule has 3 aromatic rings. The molecule has 0 aliphatic heterocycles. The molecule has 6 nitrogen and oxygen atoms in total. The second-order valence-corrected chi connectivity index (χ2v) is 4.65. The maximum atomic E-state index is 11.0. The standard InChI is InChI=1S/C12H8N4O2S/c17-11(18)9-15-8-4-2-1-3-7(8)10(16-9)19-12-13-5-6-14-12/h1-6H,(H,13,14)(H,17,18). The molecular weight excluding hydrogens is 264 g/mol. The first kappa shape index (κ1) is 11.7. The quantitative estimate of drug-likeness (QED) is 0.710. The Bertz CT molecular complexity index is 743. The first-order valence-corrected chi connectivity index (χ1v) is 6.23. The van der Waals surface area contributed by atoms with Gasteiger partial charge in [-0.15, -0.1) is 0 Å². The normalized spacial score (nSPS) is 10.7. The summed E-state index contributed by atoms with van der Waals surface area (Å²) in [6.07, 6.45) is 3.33. The minimum absolute atomic E-state index is 0.215. The number of hydrogen-bond acceptors (Lipinski definition) is 5. The molecule has 94 valence electrons. The van der Waals surface area contributed by atoms with Crippen LogP contribution in [0.2, 0.25) is 0 Å². The van der Waals surface area contributed by atoms with E-state index in [2.05, 4.69) is 19.9 Å². The first-order chi connectivity index (χ1) is 9.24. The van der Waals surface area contributed by atoms with E-state index in [1.807, 2.05) is 18.2 Å². The predicted molar refractivity (Wildman–Crippen MR) is 69.2 cm³/mol. The summed E-state index contributed by atoms with van der Waals surface area (Å²) in [5.41, 5.74) is 0.601. The maximum Gasteiger partial charge on any atom is 0.373 e. The van der Waals surface area contributed by atoms with Crippen LogP contribution < -0.4 is 0 Å². The number of carboxylic acid groups (broad SMARTS) is 1. The van der Waals surface area contributed by atoms with Crippen molar-refractivity contribution in [2.24, 2.45) is 0 Å². The molecule has 0 spiro atoms. The van der Waals surface area contributed by atoms with Gasteiger partial charge < -0.3 is 10.1 Å². The van der Waals surface area contributed by atoms with Crippen molar-refractivity contribution in [1.82, 2.24) is 19.9 Å². The second-order valence-electron chi connectivity index (χ2n) is 3.67. The lowest BCUT2D eigenvalue weighted by atomic mass is 10.2. The molecule has 0 bridgehead atoms. The molecule has 0 aliphatic rings. The Balaban J connectivity index is 2.17. The molecule has 0 radical (unpaired) electrons. The topological polar surface area (TPSA) is 91.8 Å². The molecule has 3 rings (SSSR count). The number of imidazole rings is 1. The number of H-pyrrole nitrogens is 1. The minimum atomic E-state index is -1.15. The SMILES string of the molecule is O=C(O)c1nc(Sc2ncc[nH]2)c2ccccc2n1. The molecular formula is C12H8N4O2S. The third-order valence-corrected chi connectivity index (χ3v) is 3.35. The summed E-state index contributed by atoms with van der Waals surface area (Å²) in [4.78, 5) is 26.2. The zero-order valence-corrected chi connectivity index (χ0v) is 10.4. The second kappa shape index (κ2) is 4.69. The minimum Gasteiger partial charge on any atom is -0.475 e. The van der Waals surface area contributed by atoms with Crippen molar-refractivity contribution in [3.63, 3.8) is 0 Å². The van der Waals surface area contributed by atoms with Crippen LogP contribution in [-0.4, -0.2) is 31.0 Å². The fourth-order valence-electron chi connectivity index (χ4n) is 1.62. The third kappa shape index (κ3) is 2.27. The lowest BCUT2D eigenvalue weighted by molar-refractivity contribution is 0.0683. The van der Waals surface area contributed by atoms with Crippen molar-refractivity contribution < 1.29 is 9.90 Å². The molecule has 0 amide bonds. The van der Waals surface area contributed by atoms with Gasteiger partial charge in [0.25, 0.3) is 0 Å². The monoisotopic (exact) mass is 272 g/mol. The fourth-order valence-corrected chi connectivity index (χ4v) is 2.46. The molecule has 0 saturated carbocycles. The van der Waals surface area contributed by atoms with E-state index >= 15 is 0 Å². The van der Waals surface area contributed by atoms with Crippen molar-refractivity contribution in [3.8, 4) is 0 Å². The van der Waals surface area contributed by atoms with Crippen molar-refractivity contribution in [2.45, 2.75) is 10.2 Å². The summed E-state index contributed by atoms with van der Waals surface area (Å²) in [7, 11) is 0. The molecule has 1 aromatic carbocycles. The van der Waals surface area contributed by atoms with E-state index in [0.29, 0.717) is 15.7 Å². The van der Waals surface area contributed by atoms with Crippen LogP contribution in [0.4, 0.5) is 0 Å². The third-order valence-electron chi connectivity index (χ3n) is 2.43. The Morgan fingerprint density at radius 2 is 2.11 bits per heavy atom. The van der Waals surface area contributed by atoms with Crippen LogP contribution in [0.15, 0.2) is 46.8 Å². The number of rotatable bonds is 3. The van der Waals surface area contributed by atoms with Gasteiger partial charge in [-0.2, -0.15) is 0 Å². The van der Waals surface area contributed by atoms with Crippen LogP contribution in [0, 0.1) is 0 Å². The van der Waals surface area contributed by atoms with Crippen molar-refractivity contribution in [1.29, 1.82) is 0 Å². The summed E-state index contributed by atoms with van der Waals surface area (Å²) in [5, 5.41) is 11.1. The van der Waals surface area contributed by atoms with Gasteiger partial charge in [0.2, 0.25) is 5.82 Å². The number of carbonyl (C=O) groups is 1. The van der Waals surface area contributed by atoms with Crippen LogP contribution in [0.3, 0.4) is 0 Å². The Hall–Kier alpha value is -2.41. The lowest BCUT2D eigenvalue weighted by Crippen LogP contribution is -2.05. The van der Waals surface area contributed by atoms with Gasteiger partial charge in [-0.05, 0) is 17.8 Å². The molecule has 0 unspecified atom stereocenters. The number of benzene rings is 1. The van der Waals surface area contributed by atoms with Gasteiger partial charge in [-0.25, -0.2) is 19.7 Å². The average Bonchev–Trinajstić information content (AvgIpc) is 2.91. The van der Waals surface area contributed by atoms with E-state index in [0.717, 1.165) is 5.39 Å². The molecule has 0 saturated heterocycles. The van der Waals surface area contributed by atoms with Crippen molar-refractivity contribution in [3.05, 3.63) is 42.5 Å². The summed E-state index contributed by atoms with van der Waals surface area (Å²) in [6, 6.07) is 7.28. The number of carboxylic acids is 1. The molecule has 0 atom stereocenters. The smallest absolute Gasteiger partial charge is 0.373 e. The summed E-state index contributed by atoms with van der Waals surface area (Å²) in [6.45, 7) is 0. The highest BCUT2D eigenvalue weighted by Gasteiger charge is 2.14. The van der Waals surface area contributed by atoms with E-state index in [9.17, 15) is 4.79 Å². The number of aromatic nitrogens is 4. The van der Waals surface area contributed by atoms with Crippen LogP contribution >= 0.6 is 11.8 Å². The molecule has 2 N–H and O–H groups in total. The van der Waals surface area contributed by atoms with Crippen LogP contribution in [-0.2, 0) is 0 Å². The summed E-state index contributed by atoms with van der Waals surface area (Å²) < 4.78 is 0. The van der Waals surface area contributed by atoms with Gasteiger partial charge in [0.1, 0.15) is 5.03 Å². The van der Waals surface area contributed by atoms with Gasteiger partial charge >= 0.3 is 5.97 Å². The average molecular weight is 272 g/mol. The Morgan fingerprint density at radius 3 is 2.84 bits per heavy atom. The van der Waals surface area contributed by atoms with E-state index < -0.39 is 5.97 Å². The summed E-state index contributed by atoms with van der Waals surface area (Å²) >= 11 is 1.27. The van der Waals surface area contributed by atoms with Gasteiger partial charge in [0.15, 0.2) is 5.16 Å². The van der Waals surface area contributed by atoms with Crippen molar-refractivity contribution in [2.75, 3.05) is 0 Å². The first-order valence-electron chi connectivity index (χ1n) is 5.41. The number of aromatic carboxylic acids is 1. The Labute approximate surface area is 111 Å². The molecule has 7 heteroatoms. The van der Waals surface area contributed by atoms with Crippen molar-refractivity contribution >= 4 is 28.6 Å².